The Labute approximate surface area is 121 Å². The normalized spacial score (nSPS) is 11.0. The van der Waals surface area contributed by atoms with Crippen molar-refractivity contribution in [2.45, 2.75) is 0 Å². The molecule has 0 fully saturated rings. The minimum atomic E-state index is -1.10. The van der Waals surface area contributed by atoms with Gasteiger partial charge in [-0.1, -0.05) is 18.2 Å². The highest BCUT2D eigenvalue weighted by molar-refractivity contribution is 6.23. The van der Waals surface area contributed by atoms with Gasteiger partial charge >= 0.3 is 11.9 Å². The molecule has 2 aromatic rings. The fourth-order valence-corrected chi connectivity index (χ4v) is 1.89. The van der Waals surface area contributed by atoms with Gasteiger partial charge in [0, 0.05) is 18.0 Å². The fraction of sp³-hybridized carbons (Fsp3) is 0.0625. The summed E-state index contributed by atoms with van der Waals surface area (Å²) >= 11 is 0. The van der Waals surface area contributed by atoms with Crippen molar-refractivity contribution >= 4 is 23.6 Å². The highest BCUT2D eigenvalue weighted by Gasteiger charge is 2.19. The summed E-state index contributed by atoms with van der Waals surface area (Å²) in [5, 5.41) is 9.25. The highest BCUT2D eigenvalue weighted by atomic mass is 16.5. The van der Waals surface area contributed by atoms with Gasteiger partial charge in [-0.25, -0.2) is 9.59 Å². The SMILES string of the molecule is COC(=O)C(=Cc1ccncc1)c1ccccc1C(=O)O. The van der Waals surface area contributed by atoms with E-state index in [1.165, 1.54) is 13.2 Å². The van der Waals surface area contributed by atoms with Crippen LogP contribution in [0.1, 0.15) is 21.5 Å². The number of pyridine rings is 1. The lowest BCUT2D eigenvalue weighted by Gasteiger charge is -2.09. The van der Waals surface area contributed by atoms with E-state index in [-0.39, 0.29) is 11.1 Å². The van der Waals surface area contributed by atoms with Crippen LogP contribution in [0.5, 0.6) is 0 Å². The topological polar surface area (TPSA) is 76.5 Å². The number of esters is 1. The minimum Gasteiger partial charge on any atom is -0.478 e. The number of aromatic nitrogens is 1. The molecule has 21 heavy (non-hydrogen) atoms. The van der Waals surface area contributed by atoms with Crippen LogP contribution < -0.4 is 0 Å². The van der Waals surface area contributed by atoms with Gasteiger partial charge in [0.25, 0.3) is 0 Å². The van der Waals surface area contributed by atoms with E-state index < -0.39 is 11.9 Å². The van der Waals surface area contributed by atoms with E-state index in [0.29, 0.717) is 5.56 Å². The number of methoxy groups -OCH3 is 1. The molecule has 2 rings (SSSR count). The third-order valence-electron chi connectivity index (χ3n) is 2.87. The van der Waals surface area contributed by atoms with Crippen LogP contribution in [0.4, 0.5) is 0 Å². The van der Waals surface area contributed by atoms with E-state index in [4.69, 9.17) is 4.74 Å². The van der Waals surface area contributed by atoms with Crippen molar-refractivity contribution in [2.24, 2.45) is 0 Å². The zero-order chi connectivity index (χ0) is 15.2. The molecule has 0 bridgehead atoms. The molecular weight excluding hydrogens is 270 g/mol. The number of hydrogen-bond donors (Lipinski definition) is 1. The van der Waals surface area contributed by atoms with Crippen molar-refractivity contribution < 1.29 is 19.4 Å². The average Bonchev–Trinajstić information content (AvgIpc) is 2.53. The van der Waals surface area contributed by atoms with Crippen molar-refractivity contribution in [3.63, 3.8) is 0 Å². The van der Waals surface area contributed by atoms with Gasteiger partial charge in [0.1, 0.15) is 0 Å². The van der Waals surface area contributed by atoms with Gasteiger partial charge in [-0.2, -0.15) is 0 Å². The third-order valence-corrected chi connectivity index (χ3v) is 2.87. The predicted molar refractivity (Wildman–Crippen MR) is 77.5 cm³/mol. The Kier molecular flexibility index (Phi) is 4.46. The zero-order valence-corrected chi connectivity index (χ0v) is 11.3. The van der Waals surface area contributed by atoms with Crippen molar-refractivity contribution in [1.29, 1.82) is 0 Å². The van der Waals surface area contributed by atoms with Gasteiger partial charge in [0.15, 0.2) is 0 Å². The molecule has 106 valence electrons. The maximum atomic E-state index is 12.0. The Balaban J connectivity index is 2.60. The lowest BCUT2D eigenvalue weighted by atomic mass is 9.98. The third kappa shape index (κ3) is 3.33. The molecule has 5 heteroatoms. The summed E-state index contributed by atoms with van der Waals surface area (Å²) < 4.78 is 4.76. The number of aromatic carboxylic acids is 1. The lowest BCUT2D eigenvalue weighted by Crippen LogP contribution is -2.09. The molecule has 1 aromatic heterocycles. The Morgan fingerprint density at radius 3 is 2.29 bits per heavy atom. The van der Waals surface area contributed by atoms with Crippen molar-refractivity contribution in [1.82, 2.24) is 4.98 Å². The summed E-state index contributed by atoms with van der Waals surface area (Å²) in [7, 11) is 1.26. The Bertz CT molecular complexity index is 692. The number of carbonyl (C=O) groups is 2. The Morgan fingerprint density at radius 2 is 1.71 bits per heavy atom. The number of hydrogen-bond acceptors (Lipinski definition) is 4. The molecule has 0 saturated carbocycles. The summed E-state index contributed by atoms with van der Waals surface area (Å²) in [6.45, 7) is 0. The minimum absolute atomic E-state index is 0.0446. The van der Waals surface area contributed by atoms with Gasteiger partial charge in [-0.3, -0.25) is 4.98 Å². The molecule has 0 aliphatic heterocycles. The molecule has 0 aliphatic carbocycles. The van der Waals surface area contributed by atoms with Gasteiger partial charge in [0.05, 0.1) is 18.2 Å². The van der Waals surface area contributed by atoms with Crippen LogP contribution >= 0.6 is 0 Å². The van der Waals surface area contributed by atoms with Crippen molar-refractivity contribution in [3.8, 4) is 0 Å². The molecule has 0 atom stereocenters. The van der Waals surface area contributed by atoms with Crippen LogP contribution in [-0.4, -0.2) is 29.1 Å². The molecule has 5 nitrogen and oxygen atoms in total. The van der Waals surface area contributed by atoms with Gasteiger partial charge in [-0.05, 0) is 29.8 Å². The van der Waals surface area contributed by atoms with Crippen molar-refractivity contribution in [3.05, 3.63) is 65.5 Å². The number of rotatable bonds is 4. The smallest absolute Gasteiger partial charge is 0.338 e. The molecule has 1 aromatic carbocycles. The second-order valence-corrected chi connectivity index (χ2v) is 4.18. The monoisotopic (exact) mass is 283 g/mol. The van der Waals surface area contributed by atoms with Crippen LogP contribution in [-0.2, 0) is 9.53 Å². The van der Waals surface area contributed by atoms with Crippen LogP contribution in [0.15, 0.2) is 48.8 Å². The largest absolute Gasteiger partial charge is 0.478 e. The van der Waals surface area contributed by atoms with E-state index in [0.717, 1.165) is 5.56 Å². The first kappa shape index (κ1) is 14.5. The zero-order valence-electron chi connectivity index (χ0n) is 11.3. The summed E-state index contributed by atoms with van der Waals surface area (Å²) in [6, 6.07) is 9.73. The number of ether oxygens (including phenoxy) is 1. The highest BCUT2D eigenvalue weighted by Crippen LogP contribution is 2.23. The fourth-order valence-electron chi connectivity index (χ4n) is 1.89. The van der Waals surface area contributed by atoms with E-state index in [1.54, 1.807) is 48.8 Å². The summed E-state index contributed by atoms with van der Waals surface area (Å²) in [5.74, 6) is -1.70. The molecule has 0 radical (unpaired) electrons. The molecular formula is C16H13NO4. The molecule has 0 saturated heterocycles. The quantitative estimate of drug-likeness (QED) is 0.689. The Morgan fingerprint density at radius 1 is 1.10 bits per heavy atom. The number of carbonyl (C=O) groups excluding carboxylic acids is 1. The van der Waals surface area contributed by atoms with Gasteiger partial charge < -0.3 is 9.84 Å². The van der Waals surface area contributed by atoms with E-state index in [1.807, 2.05) is 0 Å². The van der Waals surface area contributed by atoms with Gasteiger partial charge in [-0.15, -0.1) is 0 Å². The van der Waals surface area contributed by atoms with Crippen LogP contribution in [0.3, 0.4) is 0 Å². The number of benzene rings is 1. The molecule has 0 amide bonds. The molecule has 0 spiro atoms. The van der Waals surface area contributed by atoms with E-state index in [9.17, 15) is 14.7 Å². The second kappa shape index (κ2) is 6.47. The molecule has 0 unspecified atom stereocenters. The van der Waals surface area contributed by atoms with E-state index in [2.05, 4.69) is 4.98 Å². The van der Waals surface area contributed by atoms with E-state index >= 15 is 0 Å². The lowest BCUT2D eigenvalue weighted by molar-refractivity contribution is -0.133. The molecule has 1 heterocycles. The maximum Gasteiger partial charge on any atom is 0.338 e. The second-order valence-electron chi connectivity index (χ2n) is 4.18. The first-order chi connectivity index (χ1) is 10.1. The first-order valence-electron chi connectivity index (χ1n) is 6.16. The van der Waals surface area contributed by atoms with Gasteiger partial charge in [0.2, 0.25) is 0 Å². The summed E-state index contributed by atoms with van der Waals surface area (Å²) in [4.78, 5) is 27.2. The first-order valence-corrected chi connectivity index (χ1v) is 6.16. The van der Waals surface area contributed by atoms with Crippen LogP contribution in [0.25, 0.3) is 11.6 Å². The average molecular weight is 283 g/mol. The summed E-state index contributed by atoms with van der Waals surface area (Å²) in [6.07, 6.45) is 4.75. The number of nitrogens with zero attached hydrogens (tertiary/aromatic N) is 1. The number of carboxylic acid groups (broad SMARTS) is 1. The summed E-state index contributed by atoms with van der Waals surface area (Å²) in [5.41, 5.74) is 1.27. The van der Waals surface area contributed by atoms with Crippen LogP contribution in [0.2, 0.25) is 0 Å². The predicted octanol–water partition coefficient (Wildman–Crippen LogP) is 2.49. The Hall–Kier alpha value is -2.95. The molecule has 1 N–H and O–H groups in total. The maximum absolute atomic E-state index is 12.0. The standard InChI is InChI=1S/C16H13NO4/c1-21-16(20)14(10-11-6-8-17-9-7-11)12-4-2-3-5-13(12)15(18)19/h2-10H,1H3,(H,18,19). The van der Waals surface area contributed by atoms with Crippen molar-refractivity contribution in [2.75, 3.05) is 7.11 Å². The number of carboxylic acids is 1. The molecule has 0 aliphatic rings. The van der Waals surface area contributed by atoms with Crippen LogP contribution in [0, 0.1) is 0 Å².